The first kappa shape index (κ1) is 27.1. The van der Waals surface area contributed by atoms with Crippen LogP contribution >= 0.6 is 34.2 Å². The third-order valence-corrected chi connectivity index (χ3v) is 5.51. The van der Waals surface area contributed by atoms with E-state index in [-0.39, 0.29) is 18.1 Å². The highest BCUT2D eigenvalue weighted by molar-refractivity contribution is 14.1. The summed E-state index contributed by atoms with van der Waals surface area (Å²) in [6.45, 7) is 1.10. The Hall–Kier alpha value is -3.17. The molecule has 0 unspecified atom stereocenters. The number of benzene rings is 2. The Kier molecular flexibility index (Phi) is 10.3. The van der Waals surface area contributed by atoms with Crippen molar-refractivity contribution in [2.24, 2.45) is 5.92 Å². The fraction of sp³-hybridized carbons (Fsp3) is 0.261. The van der Waals surface area contributed by atoms with Gasteiger partial charge in [-0.3, -0.25) is 19.2 Å². The molecule has 0 bridgehead atoms. The highest BCUT2D eigenvalue weighted by atomic mass is 127. The first-order valence-electron chi connectivity index (χ1n) is 9.99. The molecule has 2 aromatic rings. The zero-order valence-corrected chi connectivity index (χ0v) is 20.9. The summed E-state index contributed by atoms with van der Waals surface area (Å²) in [7, 11) is 0. The van der Waals surface area contributed by atoms with Gasteiger partial charge in [-0.25, -0.2) is 0 Å². The normalized spacial score (nSPS) is 12.1. The molecule has 0 aliphatic heterocycles. The number of nitriles is 1. The molecule has 9 nitrogen and oxygen atoms in total. The predicted molar refractivity (Wildman–Crippen MR) is 133 cm³/mol. The monoisotopic (exact) mass is 597 g/mol. The lowest BCUT2D eigenvalue weighted by molar-refractivity contribution is -0.160. The fourth-order valence-electron chi connectivity index (χ4n) is 3.12. The van der Waals surface area contributed by atoms with Crippen LogP contribution in [0, 0.1) is 20.8 Å². The van der Waals surface area contributed by atoms with Gasteiger partial charge in [-0.05, 0) is 71.1 Å². The Labute approximate surface area is 214 Å². The lowest BCUT2D eigenvalue weighted by Crippen LogP contribution is -2.48. The van der Waals surface area contributed by atoms with Gasteiger partial charge >= 0.3 is 11.9 Å². The molecule has 0 saturated carbocycles. The maximum absolute atomic E-state index is 13.5. The summed E-state index contributed by atoms with van der Waals surface area (Å²) in [4.78, 5) is 51.2. The van der Waals surface area contributed by atoms with Crippen LogP contribution in [0.25, 0.3) is 0 Å². The Balaban J connectivity index is 2.43. The molecule has 2 rings (SSSR count). The molecule has 2 amide bonds. The van der Waals surface area contributed by atoms with Crippen molar-refractivity contribution >= 4 is 69.3 Å². The minimum Gasteiger partial charge on any atom is -0.481 e. The molecule has 0 radical (unpaired) electrons. The molecule has 0 aliphatic rings. The second-order valence-corrected chi connectivity index (χ2v) is 8.69. The van der Waals surface area contributed by atoms with Crippen molar-refractivity contribution in [2.75, 3.05) is 22.6 Å². The topological polar surface area (TPSA) is 137 Å². The number of hydrogen-bond acceptors (Lipinski definition) is 6. The van der Waals surface area contributed by atoms with Gasteiger partial charge in [-0.1, -0.05) is 0 Å². The quantitative estimate of drug-likeness (QED) is 0.243. The van der Waals surface area contributed by atoms with Crippen molar-refractivity contribution in [2.45, 2.75) is 19.4 Å². The number of esters is 1. The molecular weight excluding hydrogens is 577 g/mol. The van der Waals surface area contributed by atoms with E-state index >= 15 is 0 Å². The SMILES string of the molecule is CC(=O)O[C@@H](C(=O)Nc1ccc(C#N)cc1)[C@@H](CC(=O)O)C(=O)N(CCCl)c1ccc(I)cc1. The Morgan fingerprint density at radius 1 is 1.15 bits per heavy atom. The van der Waals surface area contributed by atoms with Crippen molar-refractivity contribution in [1.29, 1.82) is 5.26 Å². The van der Waals surface area contributed by atoms with Crippen LogP contribution in [0.15, 0.2) is 48.5 Å². The van der Waals surface area contributed by atoms with Gasteiger partial charge in [0.25, 0.3) is 5.91 Å². The molecule has 11 heteroatoms. The summed E-state index contributed by atoms with van der Waals surface area (Å²) >= 11 is 7.99. The molecule has 2 N–H and O–H groups in total. The van der Waals surface area contributed by atoms with Crippen LogP contribution in [0.4, 0.5) is 11.4 Å². The molecule has 0 saturated heterocycles. The van der Waals surface area contributed by atoms with Crippen molar-refractivity contribution < 1.29 is 29.0 Å². The van der Waals surface area contributed by atoms with E-state index in [2.05, 4.69) is 27.9 Å². The van der Waals surface area contributed by atoms with E-state index in [4.69, 9.17) is 21.6 Å². The number of halogens is 2. The van der Waals surface area contributed by atoms with Crippen LogP contribution in [-0.2, 0) is 23.9 Å². The Morgan fingerprint density at radius 3 is 2.26 bits per heavy atom. The number of alkyl halides is 1. The molecule has 0 aliphatic carbocycles. The van der Waals surface area contributed by atoms with Crippen LogP contribution in [0.2, 0.25) is 0 Å². The summed E-state index contributed by atoms with van der Waals surface area (Å²) in [5, 5.41) is 20.9. The van der Waals surface area contributed by atoms with Crippen molar-refractivity contribution in [3.8, 4) is 6.07 Å². The van der Waals surface area contributed by atoms with Crippen LogP contribution < -0.4 is 10.2 Å². The molecule has 0 heterocycles. The molecular formula is C23H21ClIN3O6. The highest BCUT2D eigenvalue weighted by Crippen LogP contribution is 2.24. The van der Waals surface area contributed by atoms with Crippen LogP contribution in [0.5, 0.6) is 0 Å². The van der Waals surface area contributed by atoms with Crippen LogP contribution in [0.1, 0.15) is 18.9 Å². The van der Waals surface area contributed by atoms with E-state index in [9.17, 15) is 24.3 Å². The minimum absolute atomic E-state index is 0.0428. The lowest BCUT2D eigenvalue weighted by Gasteiger charge is -2.30. The first-order chi connectivity index (χ1) is 16.2. The molecule has 0 aromatic heterocycles. The number of carboxylic acid groups (broad SMARTS) is 1. The number of carboxylic acids is 1. The van der Waals surface area contributed by atoms with E-state index in [1.165, 1.54) is 29.2 Å². The average Bonchev–Trinajstić information content (AvgIpc) is 2.80. The number of carbonyl (C=O) groups is 4. The summed E-state index contributed by atoms with van der Waals surface area (Å²) in [6, 6.07) is 14.7. The van der Waals surface area contributed by atoms with E-state index < -0.39 is 42.2 Å². The first-order valence-corrected chi connectivity index (χ1v) is 11.6. The van der Waals surface area contributed by atoms with Crippen LogP contribution in [-0.4, -0.2) is 47.4 Å². The second kappa shape index (κ2) is 12.9. The van der Waals surface area contributed by atoms with E-state index in [1.54, 1.807) is 24.3 Å². The number of anilines is 2. The van der Waals surface area contributed by atoms with Crippen molar-refractivity contribution in [1.82, 2.24) is 0 Å². The largest absolute Gasteiger partial charge is 0.481 e. The number of amides is 2. The van der Waals surface area contributed by atoms with Crippen molar-refractivity contribution in [3.63, 3.8) is 0 Å². The third kappa shape index (κ3) is 7.71. The summed E-state index contributed by atoms with van der Waals surface area (Å²) in [5.41, 5.74) is 1.09. The number of carbonyl (C=O) groups excluding carboxylic acids is 3. The zero-order chi connectivity index (χ0) is 25.3. The predicted octanol–water partition coefficient (Wildman–Crippen LogP) is 3.40. The third-order valence-electron chi connectivity index (χ3n) is 4.62. The van der Waals surface area contributed by atoms with E-state index in [1.807, 2.05) is 6.07 Å². The fourth-order valence-corrected chi connectivity index (χ4v) is 3.65. The van der Waals surface area contributed by atoms with Gasteiger partial charge < -0.3 is 20.1 Å². The summed E-state index contributed by atoms with van der Waals surface area (Å²) < 4.78 is 6.07. The van der Waals surface area contributed by atoms with Gasteiger partial charge in [0.15, 0.2) is 6.10 Å². The zero-order valence-electron chi connectivity index (χ0n) is 18.0. The highest BCUT2D eigenvalue weighted by Gasteiger charge is 2.40. The van der Waals surface area contributed by atoms with Gasteiger partial charge in [0.05, 0.1) is 24.0 Å². The summed E-state index contributed by atoms with van der Waals surface area (Å²) in [5.74, 6) is -5.30. The van der Waals surface area contributed by atoms with Gasteiger partial charge in [-0.2, -0.15) is 5.26 Å². The number of ether oxygens (including phenoxy) is 1. The number of nitrogens with zero attached hydrogens (tertiary/aromatic N) is 2. The van der Waals surface area contributed by atoms with Gasteiger partial charge in [0.1, 0.15) is 0 Å². The standard InChI is InChI=1S/C23H21ClIN3O6/c1-14(29)34-21(22(32)27-17-6-2-15(13-26)3-7-17)19(12-20(30)31)23(33)28(11-10-24)18-8-4-16(25)5-9-18/h2-9,19,21H,10-12H2,1H3,(H,27,32)(H,30,31)/t19-,21-/m1/s1. The van der Waals surface area contributed by atoms with Crippen molar-refractivity contribution in [3.05, 3.63) is 57.7 Å². The maximum atomic E-state index is 13.5. The Bertz CT molecular complexity index is 1090. The lowest BCUT2D eigenvalue weighted by atomic mass is 9.95. The average molecular weight is 598 g/mol. The number of nitrogens with one attached hydrogen (secondary N) is 1. The number of rotatable bonds is 10. The minimum atomic E-state index is -1.72. The number of hydrogen-bond donors (Lipinski definition) is 2. The number of aliphatic carboxylic acids is 1. The van der Waals surface area contributed by atoms with Gasteiger partial charge in [0.2, 0.25) is 5.91 Å². The Morgan fingerprint density at radius 2 is 1.76 bits per heavy atom. The van der Waals surface area contributed by atoms with Crippen LogP contribution in [0.3, 0.4) is 0 Å². The summed E-state index contributed by atoms with van der Waals surface area (Å²) in [6.07, 6.45) is -2.49. The molecule has 2 aromatic carbocycles. The second-order valence-electron chi connectivity index (χ2n) is 7.07. The van der Waals surface area contributed by atoms with Gasteiger partial charge in [0, 0.05) is 34.3 Å². The molecule has 2 atom stereocenters. The molecule has 0 fully saturated rings. The molecule has 0 spiro atoms. The molecule has 178 valence electrons. The van der Waals surface area contributed by atoms with Gasteiger partial charge in [-0.15, -0.1) is 11.6 Å². The smallest absolute Gasteiger partial charge is 0.304 e. The van der Waals surface area contributed by atoms with E-state index in [0.29, 0.717) is 11.3 Å². The van der Waals surface area contributed by atoms with E-state index in [0.717, 1.165) is 10.5 Å². The maximum Gasteiger partial charge on any atom is 0.304 e. The molecule has 34 heavy (non-hydrogen) atoms.